The minimum Gasteiger partial charge on any atom is -0.408 e. The number of rotatable bonds is 7. The maximum atomic E-state index is 13.3. The lowest BCUT2D eigenvalue weighted by atomic mass is 10.0. The quantitative estimate of drug-likeness (QED) is 0.459. The Morgan fingerprint density at radius 2 is 1.94 bits per heavy atom. The molecule has 0 radical (unpaired) electrons. The topological polar surface area (TPSA) is 98.2 Å². The first-order chi connectivity index (χ1) is 15.7. The fraction of sp³-hybridized carbons (Fsp3) is 0.417. The number of hydrogen-bond donors (Lipinski definition) is 1. The fourth-order valence-electron chi connectivity index (χ4n) is 3.75. The molecule has 9 heteroatoms. The van der Waals surface area contributed by atoms with Gasteiger partial charge < -0.3 is 14.6 Å². The molecule has 0 aliphatic heterocycles. The standard InChI is InChI=1S/C24H30N6O3/c1-14(2)19-12-17(18-13-25-30(15(3)4)22(18)27-19)23(31)26-16-7-8-21-20(11-16)29(24(32)33-21)10-9-28(5)6/h7-8,11-15H,9-10H2,1-6H3,(H,26,31). The summed E-state index contributed by atoms with van der Waals surface area (Å²) >= 11 is 0. The summed E-state index contributed by atoms with van der Waals surface area (Å²) in [5.41, 5.74) is 3.77. The van der Waals surface area contributed by atoms with Crippen LogP contribution in [0.1, 0.15) is 55.7 Å². The van der Waals surface area contributed by atoms with Gasteiger partial charge in [0.05, 0.1) is 22.7 Å². The van der Waals surface area contributed by atoms with Gasteiger partial charge in [0.15, 0.2) is 11.2 Å². The molecule has 9 nitrogen and oxygen atoms in total. The first-order valence-corrected chi connectivity index (χ1v) is 11.1. The van der Waals surface area contributed by atoms with Crippen LogP contribution in [0.3, 0.4) is 0 Å². The predicted molar refractivity (Wildman–Crippen MR) is 129 cm³/mol. The number of amides is 1. The SMILES string of the molecule is CC(C)c1cc(C(=O)Nc2ccc3oc(=O)n(CCN(C)C)c3c2)c2cnn(C(C)C)c2n1. The molecule has 0 aliphatic carbocycles. The van der Waals surface area contributed by atoms with Gasteiger partial charge >= 0.3 is 5.76 Å². The maximum absolute atomic E-state index is 13.3. The molecule has 174 valence electrons. The third-order valence-corrected chi connectivity index (χ3v) is 5.61. The van der Waals surface area contributed by atoms with Gasteiger partial charge in [0.2, 0.25) is 0 Å². The highest BCUT2D eigenvalue weighted by atomic mass is 16.4. The second kappa shape index (κ2) is 8.82. The first kappa shape index (κ1) is 22.7. The van der Waals surface area contributed by atoms with E-state index in [0.717, 1.165) is 5.69 Å². The molecule has 33 heavy (non-hydrogen) atoms. The van der Waals surface area contributed by atoms with Gasteiger partial charge in [-0.05, 0) is 58.1 Å². The van der Waals surface area contributed by atoms with E-state index in [4.69, 9.17) is 9.40 Å². The lowest BCUT2D eigenvalue weighted by Crippen LogP contribution is -2.23. The highest BCUT2D eigenvalue weighted by Gasteiger charge is 2.20. The van der Waals surface area contributed by atoms with E-state index in [1.807, 2.05) is 57.4 Å². The Morgan fingerprint density at radius 1 is 1.18 bits per heavy atom. The summed E-state index contributed by atoms with van der Waals surface area (Å²) in [6, 6.07) is 7.16. The van der Waals surface area contributed by atoms with Gasteiger partial charge in [0.25, 0.3) is 5.91 Å². The predicted octanol–water partition coefficient (Wildman–Crippen LogP) is 3.86. The van der Waals surface area contributed by atoms with Crippen molar-refractivity contribution in [1.29, 1.82) is 0 Å². The third kappa shape index (κ3) is 4.41. The zero-order chi connectivity index (χ0) is 23.9. The van der Waals surface area contributed by atoms with Gasteiger partial charge in [0.1, 0.15) is 0 Å². The first-order valence-electron chi connectivity index (χ1n) is 11.1. The number of anilines is 1. The summed E-state index contributed by atoms with van der Waals surface area (Å²) < 4.78 is 8.77. The lowest BCUT2D eigenvalue weighted by Gasteiger charge is -2.13. The van der Waals surface area contributed by atoms with Crippen LogP contribution in [0.4, 0.5) is 5.69 Å². The van der Waals surface area contributed by atoms with Crippen molar-refractivity contribution in [2.75, 3.05) is 26.0 Å². The highest BCUT2D eigenvalue weighted by molar-refractivity contribution is 6.12. The van der Waals surface area contributed by atoms with Gasteiger partial charge in [-0.15, -0.1) is 0 Å². The molecule has 0 fully saturated rings. The van der Waals surface area contributed by atoms with Crippen LogP contribution in [0.15, 0.2) is 39.7 Å². The number of aromatic nitrogens is 4. The smallest absolute Gasteiger partial charge is 0.408 e. The molecule has 3 aromatic heterocycles. The minimum atomic E-state index is -0.408. The van der Waals surface area contributed by atoms with Crippen molar-refractivity contribution < 1.29 is 9.21 Å². The molecule has 0 spiro atoms. The average Bonchev–Trinajstić information content (AvgIpc) is 3.31. The lowest BCUT2D eigenvalue weighted by molar-refractivity contribution is 0.102. The Kier molecular flexibility index (Phi) is 6.07. The number of nitrogens with zero attached hydrogens (tertiary/aromatic N) is 5. The number of fused-ring (bicyclic) bond motifs is 2. The number of carbonyl (C=O) groups excluding carboxylic acids is 1. The van der Waals surface area contributed by atoms with Crippen LogP contribution in [0.25, 0.3) is 22.1 Å². The number of hydrogen-bond acceptors (Lipinski definition) is 6. The second-order valence-corrected chi connectivity index (χ2v) is 9.13. The number of benzene rings is 1. The van der Waals surface area contributed by atoms with E-state index >= 15 is 0 Å². The van der Waals surface area contributed by atoms with Gasteiger partial charge in [-0.25, -0.2) is 14.5 Å². The number of oxazole rings is 1. The largest absolute Gasteiger partial charge is 0.419 e. The van der Waals surface area contributed by atoms with Crippen molar-refractivity contribution in [3.63, 3.8) is 0 Å². The van der Waals surface area contributed by atoms with Gasteiger partial charge in [0, 0.05) is 30.5 Å². The molecule has 1 amide bonds. The molecule has 0 saturated heterocycles. The van der Waals surface area contributed by atoms with E-state index in [2.05, 4.69) is 10.4 Å². The molecule has 0 unspecified atom stereocenters. The molecule has 0 aliphatic rings. The highest BCUT2D eigenvalue weighted by Crippen LogP contribution is 2.26. The molecule has 0 saturated carbocycles. The molecule has 1 N–H and O–H groups in total. The number of pyridine rings is 1. The zero-order valence-electron chi connectivity index (χ0n) is 19.9. The van der Waals surface area contributed by atoms with Gasteiger partial charge in [-0.3, -0.25) is 9.36 Å². The third-order valence-electron chi connectivity index (χ3n) is 5.61. The summed E-state index contributed by atoms with van der Waals surface area (Å²) in [6.07, 6.45) is 1.69. The summed E-state index contributed by atoms with van der Waals surface area (Å²) in [7, 11) is 3.89. The van der Waals surface area contributed by atoms with E-state index < -0.39 is 5.76 Å². The molecule has 3 heterocycles. The van der Waals surface area contributed by atoms with E-state index in [9.17, 15) is 9.59 Å². The summed E-state index contributed by atoms with van der Waals surface area (Å²) in [6.45, 7) is 9.35. The Morgan fingerprint density at radius 3 is 2.61 bits per heavy atom. The van der Waals surface area contributed by atoms with Crippen LogP contribution in [0.5, 0.6) is 0 Å². The van der Waals surface area contributed by atoms with Gasteiger partial charge in [-0.1, -0.05) is 13.8 Å². The van der Waals surface area contributed by atoms with Crippen molar-refractivity contribution in [1.82, 2.24) is 24.2 Å². The van der Waals surface area contributed by atoms with Gasteiger partial charge in [-0.2, -0.15) is 5.10 Å². The molecule has 4 aromatic rings. The normalized spacial score (nSPS) is 12.0. The van der Waals surface area contributed by atoms with E-state index in [1.54, 1.807) is 29.0 Å². The number of nitrogens with one attached hydrogen (secondary N) is 1. The Hall–Kier alpha value is -3.46. The zero-order valence-corrected chi connectivity index (χ0v) is 19.9. The van der Waals surface area contributed by atoms with Crippen molar-refractivity contribution in [2.45, 2.75) is 46.2 Å². The number of likely N-dealkylation sites (N-methyl/N-ethyl adjacent to an activating group) is 1. The van der Waals surface area contributed by atoms with E-state index in [1.165, 1.54) is 0 Å². The van der Waals surface area contributed by atoms with E-state index in [0.29, 0.717) is 46.5 Å². The van der Waals surface area contributed by atoms with Crippen LogP contribution in [-0.2, 0) is 6.54 Å². The minimum absolute atomic E-state index is 0.121. The Labute approximate surface area is 192 Å². The van der Waals surface area contributed by atoms with Crippen LogP contribution in [0.2, 0.25) is 0 Å². The summed E-state index contributed by atoms with van der Waals surface area (Å²) in [4.78, 5) is 32.4. The Balaban J connectivity index is 1.72. The van der Waals surface area contributed by atoms with Crippen molar-refractivity contribution in [3.05, 3.63) is 52.3 Å². The second-order valence-electron chi connectivity index (χ2n) is 9.13. The molecule has 0 bridgehead atoms. The fourth-order valence-corrected chi connectivity index (χ4v) is 3.75. The molecule has 1 aromatic carbocycles. The molecule has 4 rings (SSSR count). The van der Waals surface area contributed by atoms with E-state index in [-0.39, 0.29) is 17.9 Å². The Bertz CT molecular complexity index is 1380. The summed E-state index contributed by atoms with van der Waals surface area (Å²) in [5.74, 6) is -0.503. The molecular formula is C24H30N6O3. The van der Waals surface area contributed by atoms with Crippen molar-refractivity contribution in [3.8, 4) is 0 Å². The van der Waals surface area contributed by atoms with Crippen LogP contribution >= 0.6 is 0 Å². The number of carbonyl (C=O) groups is 1. The van der Waals surface area contributed by atoms with Crippen LogP contribution in [-0.4, -0.2) is 50.8 Å². The summed E-state index contributed by atoms with van der Waals surface area (Å²) in [5, 5.41) is 8.14. The van der Waals surface area contributed by atoms with Crippen molar-refractivity contribution in [2.24, 2.45) is 0 Å². The maximum Gasteiger partial charge on any atom is 0.419 e. The van der Waals surface area contributed by atoms with Crippen LogP contribution < -0.4 is 11.1 Å². The van der Waals surface area contributed by atoms with Crippen molar-refractivity contribution >= 4 is 33.7 Å². The molecular weight excluding hydrogens is 420 g/mol. The average molecular weight is 451 g/mol. The molecule has 0 atom stereocenters. The van der Waals surface area contributed by atoms with Crippen LogP contribution in [0, 0.1) is 0 Å². The monoisotopic (exact) mass is 450 g/mol.